The lowest BCUT2D eigenvalue weighted by molar-refractivity contribution is -0.136. The Bertz CT molecular complexity index is 760. The van der Waals surface area contributed by atoms with Crippen molar-refractivity contribution in [2.45, 2.75) is 44.9 Å². The van der Waals surface area contributed by atoms with Gasteiger partial charge in [0.15, 0.2) is 0 Å². The largest absolute Gasteiger partial charge is 0.380 e. The van der Waals surface area contributed by atoms with Gasteiger partial charge in [0.2, 0.25) is 5.91 Å². The first-order chi connectivity index (χ1) is 11.9. The number of carbonyl (C=O) groups is 1. The second-order valence-electron chi connectivity index (χ2n) is 7.04. The summed E-state index contributed by atoms with van der Waals surface area (Å²) in [5, 5.41) is 1.00. The van der Waals surface area contributed by atoms with Crippen LogP contribution >= 0.6 is 0 Å². The van der Waals surface area contributed by atoms with Crippen molar-refractivity contribution in [1.29, 1.82) is 0 Å². The van der Waals surface area contributed by atoms with E-state index in [0.29, 0.717) is 12.5 Å². The van der Waals surface area contributed by atoms with E-state index in [4.69, 9.17) is 10.5 Å². The monoisotopic (exact) mass is 347 g/mol. The molecular weight excluding hydrogens is 321 g/mol. The van der Waals surface area contributed by atoms with Gasteiger partial charge in [0.05, 0.1) is 6.10 Å². The lowest BCUT2D eigenvalue weighted by Gasteiger charge is -2.30. The van der Waals surface area contributed by atoms with Gasteiger partial charge in [0.1, 0.15) is 11.9 Å². The third-order valence-electron chi connectivity index (χ3n) is 5.49. The minimum Gasteiger partial charge on any atom is -0.380 e. The molecule has 3 rings (SSSR count). The zero-order valence-electron chi connectivity index (χ0n) is 15.0. The Kier molecular flexibility index (Phi) is 5.11. The fourth-order valence-electron chi connectivity index (χ4n) is 3.68. The maximum absolute atomic E-state index is 13.4. The molecule has 25 heavy (non-hydrogen) atoms. The van der Waals surface area contributed by atoms with Gasteiger partial charge in [-0.05, 0) is 49.4 Å². The van der Waals surface area contributed by atoms with Crippen LogP contribution in [0.5, 0.6) is 0 Å². The van der Waals surface area contributed by atoms with Gasteiger partial charge in [-0.15, -0.1) is 0 Å². The first-order valence-electron chi connectivity index (χ1n) is 8.76. The van der Waals surface area contributed by atoms with Crippen LogP contribution in [0.4, 0.5) is 4.39 Å². The standard InChI is InChI=1S/C19H26FN3O2/c1-11-6-7-23(19(24)18(21)12(2)25-3)17(11)8-13-10-22-16-9-14(20)4-5-15(13)16/h4-5,9-12,17-18,22H,6-8,21H2,1-3H3/t11-,12?,17?,18?/m0/s1. The maximum Gasteiger partial charge on any atom is 0.242 e. The summed E-state index contributed by atoms with van der Waals surface area (Å²) in [6, 6.07) is 4.19. The van der Waals surface area contributed by atoms with Crippen LogP contribution in [0.2, 0.25) is 0 Å². The van der Waals surface area contributed by atoms with Crippen molar-refractivity contribution in [1.82, 2.24) is 9.88 Å². The molecule has 1 amide bonds. The summed E-state index contributed by atoms with van der Waals surface area (Å²) in [7, 11) is 1.56. The van der Waals surface area contributed by atoms with Gasteiger partial charge in [-0.25, -0.2) is 4.39 Å². The Morgan fingerprint density at radius 1 is 1.52 bits per heavy atom. The lowest BCUT2D eigenvalue weighted by Crippen LogP contribution is -2.52. The predicted octanol–water partition coefficient (Wildman–Crippen LogP) is 2.45. The van der Waals surface area contributed by atoms with Crippen LogP contribution in [0.1, 0.15) is 25.8 Å². The van der Waals surface area contributed by atoms with Gasteiger partial charge in [0, 0.05) is 36.8 Å². The molecule has 1 aliphatic rings. The average molecular weight is 347 g/mol. The van der Waals surface area contributed by atoms with E-state index in [1.807, 2.05) is 18.0 Å². The van der Waals surface area contributed by atoms with Crippen molar-refractivity contribution in [2.75, 3.05) is 13.7 Å². The highest BCUT2D eigenvalue weighted by molar-refractivity contribution is 5.84. The Balaban J connectivity index is 1.82. The molecule has 6 heteroatoms. The summed E-state index contributed by atoms with van der Waals surface area (Å²) in [5.74, 6) is 0.0699. The van der Waals surface area contributed by atoms with Crippen LogP contribution in [-0.2, 0) is 16.0 Å². The number of nitrogens with zero attached hydrogens (tertiary/aromatic N) is 1. The number of hydrogen-bond donors (Lipinski definition) is 2. The number of fused-ring (bicyclic) bond motifs is 1. The van der Waals surface area contributed by atoms with Crippen molar-refractivity contribution in [2.24, 2.45) is 11.7 Å². The molecule has 1 fully saturated rings. The van der Waals surface area contributed by atoms with E-state index in [-0.39, 0.29) is 23.9 Å². The highest BCUT2D eigenvalue weighted by atomic mass is 19.1. The molecule has 3 N–H and O–H groups in total. The Hall–Kier alpha value is -1.92. The number of aromatic nitrogens is 1. The molecule has 0 aliphatic carbocycles. The Morgan fingerprint density at radius 2 is 2.28 bits per heavy atom. The number of likely N-dealkylation sites (tertiary alicyclic amines) is 1. The first-order valence-corrected chi connectivity index (χ1v) is 8.76. The van der Waals surface area contributed by atoms with Gasteiger partial charge in [-0.2, -0.15) is 0 Å². The number of H-pyrrole nitrogens is 1. The fraction of sp³-hybridized carbons (Fsp3) is 0.526. The summed E-state index contributed by atoms with van der Waals surface area (Å²) in [4.78, 5) is 17.8. The molecule has 1 aliphatic heterocycles. The van der Waals surface area contributed by atoms with Crippen LogP contribution in [0, 0.1) is 11.7 Å². The normalized spacial score (nSPS) is 23.2. The smallest absolute Gasteiger partial charge is 0.242 e. The highest BCUT2D eigenvalue weighted by Crippen LogP contribution is 2.30. The Morgan fingerprint density at radius 3 is 3.00 bits per heavy atom. The molecule has 2 aromatic rings. The number of ether oxygens (including phenoxy) is 1. The van der Waals surface area contributed by atoms with E-state index in [2.05, 4.69) is 11.9 Å². The summed E-state index contributed by atoms with van der Waals surface area (Å²) in [6.45, 7) is 4.69. The number of nitrogens with two attached hydrogens (primary N) is 1. The summed E-state index contributed by atoms with van der Waals surface area (Å²) in [5.41, 5.74) is 7.95. The van der Waals surface area contributed by atoms with E-state index >= 15 is 0 Å². The molecule has 1 saturated heterocycles. The number of aromatic amines is 1. The molecule has 1 aromatic carbocycles. The summed E-state index contributed by atoms with van der Waals surface area (Å²) >= 11 is 0. The van der Waals surface area contributed by atoms with Crippen LogP contribution < -0.4 is 5.73 Å². The van der Waals surface area contributed by atoms with E-state index in [1.54, 1.807) is 13.2 Å². The zero-order chi connectivity index (χ0) is 18.1. The minimum atomic E-state index is -0.658. The number of amides is 1. The van der Waals surface area contributed by atoms with Gasteiger partial charge in [0.25, 0.3) is 0 Å². The van der Waals surface area contributed by atoms with E-state index in [0.717, 1.165) is 29.3 Å². The quantitative estimate of drug-likeness (QED) is 0.873. The molecule has 1 aromatic heterocycles. The molecular formula is C19H26FN3O2. The second-order valence-corrected chi connectivity index (χ2v) is 7.04. The number of methoxy groups -OCH3 is 1. The predicted molar refractivity (Wildman–Crippen MR) is 95.7 cm³/mol. The third-order valence-corrected chi connectivity index (χ3v) is 5.49. The van der Waals surface area contributed by atoms with E-state index in [1.165, 1.54) is 12.1 Å². The Labute approximate surface area is 147 Å². The number of benzene rings is 1. The minimum absolute atomic E-state index is 0.0606. The lowest BCUT2D eigenvalue weighted by atomic mass is 9.95. The van der Waals surface area contributed by atoms with Crippen LogP contribution in [-0.4, -0.2) is 47.6 Å². The van der Waals surface area contributed by atoms with Crippen molar-refractivity contribution in [3.63, 3.8) is 0 Å². The van der Waals surface area contributed by atoms with Crippen LogP contribution in [0.15, 0.2) is 24.4 Å². The molecule has 5 nitrogen and oxygen atoms in total. The van der Waals surface area contributed by atoms with Crippen LogP contribution in [0.25, 0.3) is 10.9 Å². The van der Waals surface area contributed by atoms with Gasteiger partial charge in [-0.1, -0.05) is 6.92 Å². The van der Waals surface area contributed by atoms with Gasteiger partial charge < -0.3 is 20.4 Å². The van der Waals surface area contributed by atoms with Gasteiger partial charge in [-0.3, -0.25) is 4.79 Å². The molecule has 0 radical (unpaired) electrons. The zero-order valence-corrected chi connectivity index (χ0v) is 15.0. The number of rotatable bonds is 5. The topological polar surface area (TPSA) is 71.3 Å². The highest BCUT2D eigenvalue weighted by Gasteiger charge is 2.38. The first kappa shape index (κ1) is 17.9. The average Bonchev–Trinajstić information content (AvgIpc) is 3.17. The van der Waals surface area contributed by atoms with E-state index in [9.17, 15) is 9.18 Å². The molecule has 136 valence electrons. The molecule has 2 heterocycles. The number of carbonyl (C=O) groups excluding carboxylic acids is 1. The SMILES string of the molecule is COC(C)C(N)C(=O)N1CC[C@H](C)C1Cc1c[nH]c2cc(F)ccc12. The van der Waals surface area contributed by atoms with Crippen LogP contribution in [0.3, 0.4) is 0 Å². The van der Waals surface area contributed by atoms with Crippen molar-refractivity contribution in [3.05, 3.63) is 35.8 Å². The summed E-state index contributed by atoms with van der Waals surface area (Å²) in [6.07, 6.45) is 3.28. The molecule has 0 bridgehead atoms. The second kappa shape index (κ2) is 7.14. The molecule has 0 saturated carbocycles. The van der Waals surface area contributed by atoms with Crippen molar-refractivity contribution in [3.8, 4) is 0 Å². The van der Waals surface area contributed by atoms with Crippen molar-refractivity contribution >= 4 is 16.8 Å². The summed E-state index contributed by atoms with van der Waals surface area (Å²) < 4.78 is 18.6. The number of nitrogens with one attached hydrogen (secondary N) is 1. The van der Waals surface area contributed by atoms with E-state index < -0.39 is 6.04 Å². The fourth-order valence-corrected chi connectivity index (χ4v) is 3.68. The number of halogens is 1. The van der Waals surface area contributed by atoms with Gasteiger partial charge >= 0.3 is 0 Å². The van der Waals surface area contributed by atoms with Crippen molar-refractivity contribution < 1.29 is 13.9 Å². The molecule has 4 atom stereocenters. The molecule has 0 spiro atoms. The number of hydrogen-bond acceptors (Lipinski definition) is 3. The maximum atomic E-state index is 13.4. The molecule has 3 unspecified atom stereocenters. The third kappa shape index (κ3) is 3.41.